The lowest BCUT2D eigenvalue weighted by Crippen LogP contribution is -2.30. The second-order valence-corrected chi connectivity index (χ2v) is 7.73. The summed E-state index contributed by atoms with van der Waals surface area (Å²) >= 11 is 12.2. The van der Waals surface area contributed by atoms with Gasteiger partial charge in [0.2, 0.25) is 0 Å². The van der Waals surface area contributed by atoms with Crippen LogP contribution in [0.25, 0.3) is 0 Å². The highest BCUT2D eigenvalue weighted by atomic mass is 35.5. The van der Waals surface area contributed by atoms with Crippen molar-refractivity contribution in [2.75, 3.05) is 25.7 Å². The van der Waals surface area contributed by atoms with Crippen LogP contribution in [-0.4, -0.2) is 35.5 Å². The first-order valence-corrected chi connectivity index (χ1v) is 10.4. The quantitative estimate of drug-likeness (QED) is 0.548. The lowest BCUT2D eigenvalue weighted by atomic mass is 10.0. The topological polar surface area (TPSA) is 51.5 Å². The van der Waals surface area contributed by atoms with Crippen molar-refractivity contribution in [3.8, 4) is 5.75 Å². The van der Waals surface area contributed by atoms with Gasteiger partial charge in [-0.15, -0.1) is 0 Å². The highest BCUT2D eigenvalue weighted by Crippen LogP contribution is 2.43. The number of hydrogen-bond acceptors (Lipinski definition) is 4. The Morgan fingerprint density at radius 2 is 2.03 bits per heavy atom. The number of nitrogens with one attached hydrogen (secondary N) is 1. The molecule has 8 heteroatoms. The van der Waals surface area contributed by atoms with Crippen molar-refractivity contribution in [1.82, 2.24) is 14.9 Å². The number of pyridine rings is 1. The van der Waals surface area contributed by atoms with E-state index < -0.39 is 0 Å². The molecule has 3 heterocycles. The zero-order valence-corrected chi connectivity index (χ0v) is 18.4. The van der Waals surface area contributed by atoms with E-state index >= 15 is 0 Å². The molecule has 0 saturated carbocycles. The molecule has 1 N–H and O–H groups in total. The molecule has 1 aliphatic rings. The summed E-state index contributed by atoms with van der Waals surface area (Å²) in [5.74, 6) is 0.625. The summed E-state index contributed by atoms with van der Waals surface area (Å²) in [7, 11) is 3.31. The summed E-state index contributed by atoms with van der Waals surface area (Å²) in [5.41, 5.74) is 2.93. The molecule has 0 bridgehead atoms. The van der Waals surface area contributed by atoms with Gasteiger partial charge in [0.1, 0.15) is 11.8 Å². The molecule has 1 fully saturated rings. The van der Waals surface area contributed by atoms with Gasteiger partial charge < -0.3 is 24.3 Å². The molecule has 0 spiro atoms. The Bertz CT molecular complexity index is 1030. The summed E-state index contributed by atoms with van der Waals surface area (Å²) in [5, 5.41) is 4.62. The van der Waals surface area contributed by atoms with Crippen LogP contribution in [0.5, 0.6) is 5.75 Å². The number of ether oxygens (including phenoxy) is 2. The van der Waals surface area contributed by atoms with Gasteiger partial charge in [0.05, 0.1) is 30.5 Å². The molecule has 0 aliphatic carbocycles. The van der Waals surface area contributed by atoms with Crippen molar-refractivity contribution in [2.24, 2.45) is 0 Å². The summed E-state index contributed by atoms with van der Waals surface area (Å²) in [6.07, 6.45) is 3.86. The van der Waals surface area contributed by atoms with E-state index in [1.807, 2.05) is 42.5 Å². The molecule has 1 aromatic carbocycles. The van der Waals surface area contributed by atoms with E-state index in [0.717, 1.165) is 23.6 Å². The number of nitrogens with zero attached hydrogens (tertiary/aromatic N) is 3. The van der Waals surface area contributed by atoms with Gasteiger partial charge in [-0.3, -0.25) is 4.98 Å². The van der Waals surface area contributed by atoms with E-state index in [2.05, 4.69) is 32.0 Å². The minimum absolute atomic E-state index is 0.108. The van der Waals surface area contributed by atoms with E-state index in [-0.39, 0.29) is 12.1 Å². The molecule has 4 rings (SSSR count). The molecule has 3 aromatic rings. The number of halogens is 1. The number of hydrogen-bond donors (Lipinski definition) is 1. The lowest BCUT2D eigenvalue weighted by Gasteiger charge is -2.29. The lowest BCUT2D eigenvalue weighted by molar-refractivity contribution is 0.186. The molecular weight excluding hydrogens is 420 g/mol. The third-order valence-corrected chi connectivity index (χ3v) is 5.83. The molecule has 6 nitrogen and oxygen atoms in total. The van der Waals surface area contributed by atoms with Crippen LogP contribution in [0, 0.1) is 0 Å². The van der Waals surface area contributed by atoms with Crippen molar-refractivity contribution in [3.05, 3.63) is 77.3 Å². The first-order valence-electron chi connectivity index (χ1n) is 9.62. The average molecular weight is 443 g/mol. The molecule has 2 atom stereocenters. The van der Waals surface area contributed by atoms with Crippen molar-refractivity contribution in [1.29, 1.82) is 0 Å². The van der Waals surface area contributed by atoms with Crippen LogP contribution in [0.1, 0.15) is 23.5 Å². The molecule has 2 aromatic heterocycles. The van der Waals surface area contributed by atoms with Crippen LogP contribution in [0.2, 0.25) is 5.02 Å². The van der Waals surface area contributed by atoms with E-state index in [1.54, 1.807) is 20.4 Å². The van der Waals surface area contributed by atoms with Crippen molar-refractivity contribution in [3.63, 3.8) is 0 Å². The minimum atomic E-state index is -0.115. The molecule has 156 valence electrons. The average Bonchev–Trinajstić information content (AvgIpc) is 3.36. The smallest absolute Gasteiger partial charge is 0.174 e. The summed E-state index contributed by atoms with van der Waals surface area (Å²) < 4.78 is 12.8. The van der Waals surface area contributed by atoms with E-state index in [9.17, 15) is 0 Å². The predicted molar refractivity (Wildman–Crippen MR) is 122 cm³/mol. The maximum absolute atomic E-state index is 6.43. The summed E-state index contributed by atoms with van der Waals surface area (Å²) in [6.45, 7) is 1.36. The van der Waals surface area contributed by atoms with E-state index in [1.165, 1.54) is 0 Å². The third kappa shape index (κ3) is 3.88. The standard InChI is InChI=1S/C22H23ClN4O2S/c1-28-13-12-26-11-5-7-18(26)21-20(17-6-3-4-10-24-17)25-22(30)27(21)15-8-9-19(29-2)16(23)14-15/h3-11,14,20-21H,12-13H2,1-2H3,(H,25,30)/t20-,21-/m0/s1. The zero-order valence-electron chi connectivity index (χ0n) is 16.8. The number of rotatable bonds is 7. The second-order valence-electron chi connectivity index (χ2n) is 6.93. The van der Waals surface area contributed by atoms with Gasteiger partial charge in [-0.05, 0) is 54.7 Å². The van der Waals surface area contributed by atoms with E-state index in [0.29, 0.717) is 22.5 Å². The minimum Gasteiger partial charge on any atom is -0.495 e. The van der Waals surface area contributed by atoms with Gasteiger partial charge >= 0.3 is 0 Å². The number of benzene rings is 1. The SMILES string of the molecule is COCCn1cccc1[C@H]1[C@H](c2ccccn2)NC(=S)N1c1ccc(OC)c(Cl)c1. The number of thiocarbonyl (C=S) groups is 1. The van der Waals surface area contributed by atoms with Crippen molar-refractivity contribution in [2.45, 2.75) is 18.6 Å². The maximum atomic E-state index is 6.43. The Hall–Kier alpha value is -2.61. The van der Waals surface area contributed by atoms with Gasteiger partial charge in [-0.25, -0.2) is 0 Å². The van der Waals surface area contributed by atoms with Gasteiger partial charge in [0, 0.05) is 37.4 Å². The Balaban J connectivity index is 1.81. The summed E-state index contributed by atoms with van der Waals surface area (Å²) in [4.78, 5) is 6.69. The Labute approximate surface area is 186 Å². The van der Waals surface area contributed by atoms with Crippen molar-refractivity contribution < 1.29 is 9.47 Å². The molecule has 30 heavy (non-hydrogen) atoms. The molecule has 0 radical (unpaired) electrons. The first-order chi connectivity index (χ1) is 14.6. The van der Waals surface area contributed by atoms with Gasteiger partial charge in [-0.2, -0.15) is 0 Å². The number of anilines is 1. The highest BCUT2D eigenvalue weighted by Gasteiger charge is 2.42. The van der Waals surface area contributed by atoms with Gasteiger partial charge in [0.15, 0.2) is 5.11 Å². The van der Waals surface area contributed by atoms with Gasteiger partial charge in [-0.1, -0.05) is 17.7 Å². The molecule has 1 aliphatic heterocycles. The molecule has 0 unspecified atom stereocenters. The van der Waals surface area contributed by atoms with Crippen molar-refractivity contribution >= 4 is 34.6 Å². The first kappa shape index (κ1) is 20.7. The molecule has 0 amide bonds. The highest BCUT2D eigenvalue weighted by molar-refractivity contribution is 7.80. The number of methoxy groups -OCH3 is 2. The Morgan fingerprint density at radius 1 is 1.17 bits per heavy atom. The number of aromatic nitrogens is 2. The Kier molecular flexibility index (Phi) is 6.22. The van der Waals surface area contributed by atoms with Crippen LogP contribution in [0.3, 0.4) is 0 Å². The van der Waals surface area contributed by atoms with Crippen LogP contribution >= 0.6 is 23.8 Å². The largest absolute Gasteiger partial charge is 0.495 e. The predicted octanol–water partition coefficient (Wildman–Crippen LogP) is 4.37. The van der Waals surface area contributed by atoms with Crippen LogP contribution in [0.4, 0.5) is 5.69 Å². The maximum Gasteiger partial charge on any atom is 0.174 e. The molecule has 1 saturated heterocycles. The van der Waals surface area contributed by atoms with E-state index in [4.69, 9.17) is 33.3 Å². The third-order valence-electron chi connectivity index (χ3n) is 5.22. The van der Waals surface area contributed by atoms with Crippen LogP contribution in [-0.2, 0) is 11.3 Å². The fraction of sp³-hybridized carbons (Fsp3) is 0.273. The van der Waals surface area contributed by atoms with Crippen LogP contribution < -0.4 is 15.0 Å². The second kappa shape index (κ2) is 9.04. The molecular formula is C22H23ClN4O2S. The monoisotopic (exact) mass is 442 g/mol. The summed E-state index contributed by atoms with van der Waals surface area (Å²) in [6, 6.07) is 15.6. The normalized spacial score (nSPS) is 18.5. The fourth-order valence-corrected chi connectivity index (χ4v) is 4.43. The Morgan fingerprint density at radius 3 is 2.73 bits per heavy atom. The zero-order chi connectivity index (χ0) is 21.1. The van der Waals surface area contributed by atoms with Gasteiger partial charge in [0.25, 0.3) is 0 Å². The van der Waals surface area contributed by atoms with Crippen LogP contribution in [0.15, 0.2) is 60.9 Å². The fourth-order valence-electron chi connectivity index (χ4n) is 3.83.